The minimum absolute atomic E-state index is 0.611. The van der Waals surface area contributed by atoms with Crippen molar-refractivity contribution < 1.29 is 0 Å². The molecule has 0 spiro atoms. The molecule has 0 aromatic heterocycles. The molecular weight excluding hydrogens is 284 g/mol. The lowest BCUT2D eigenvalue weighted by molar-refractivity contribution is 0.608. The first kappa shape index (κ1) is 12.0. The minimum atomic E-state index is 0.611. The van der Waals surface area contributed by atoms with Crippen LogP contribution in [0.3, 0.4) is 0 Å². The summed E-state index contributed by atoms with van der Waals surface area (Å²) in [7, 11) is 0. The van der Waals surface area contributed by atoms with Crippen LogP contribution >= 0.6 is 15.9 Å². The Labute approximate surface area is 117 Å². The van der Waals surface area contributed by atoms with Gasteiger partial charge in [0.05, 0.1) is 0 Å². The molecule has 92 valence electrons. The predicted octanol–water partition coefficient (Wildman–Crippen LogP) is 5.47. The number of allylic oxidation sites excluding steroid dienone is 5. The Bertz CT molecular complexity index is 537. The Balaban J connectivity index is 1.78. The van der Waals surface area contributed by atoms with Crippen LogP contribution in [0.25, 0.3) is 6.08 Å². The Morgan fingerprint density at radius 2 is 1.89 bits per heavy atom. The lowest BCUT2D eigenvalue weighted by Gasteiger charge is -2.16. The summed E-state index contributed by atoms with van der Waals surface area (Å²) in [5, 5.41) is 0. The average Bonchev–Trinajstić information content (AvgIpc) is 2.95. The third-order valence-electron chi connectivity index (χ3n) is 4.00. The van der Waals surface area contributed by atoms with Crippen LogP contribution in [-0.4, -0.2) is 0 Å². The van der Waals surface area contributed by atoms with Gasteiger partial charge in [0.2, 0.25) is 0 Å². The van der Waals surface area contributed by atoms with Crippen molar-refractivity contribution in [3.8, 4) is 0 Å². The van der Waals surface area contributed by atoms with Crippen molar-refractivity contribution in [2.24, 2.45) is 5.92 Å². The quantitative estimate of drug-likeness (QED) is 0.694. The number of halogens is 1. The van der Waals surface area contributed by atoms with E-state index in [4.69, 9.17) is 0 Å². The molecule has 0 amide bonds. The monoisotopic (exact) mass is 300 g/mol. The molecule has 3 rings (SSSR count). The molecule has 1 unspecified atom stereocenters. The first-order valence-corrected chi connectivity index (χ1v) is 7.36. The molecule has 0 N–H and O–H groups in total. The molecular formula is C17H17Br. The third-order valence-corrected chi connectivity index (χ3v) is 4.69. The lowest BCUT2D eigenvalue weighted by atomic mass is 9.89. The fraction of sp³-hybridized carbons (Fsp3) is 0.294. The highest BCUT2D eigenvalue weighted by Gasteiger charge is 2.24. The van der Waals surface area contributed by atoms with Crippen molar-refractivity contribution in [1.29, 1.82) is 0 Å². The molecule has 0 radical (unpaired) electrons. The van der Waals surface area contributed by atoms with Crippen LogP contribution in [0.15, 0.2) is 52.5 Å². The van der Waals surface area contributed by atoms with Crippen LogP contribution in [0.1, 0.15) is 36.8 Å². The van der Waals surface area contributed by atoms with E-state index >= 15 is 0 Å². The molecule has 18 heavy (non-hydrogen) atoms. The normalized spacial score (nSPS) is 21.4. The minimum Gasteiger partial charge on any atom is -0.0776 e. The summed E-state index contributed by atoms with van der Waals surface area (Å²) in [6.07, 6.45) is 13.7. The topological polar surface area (TPSA) is 0 Å². The second-order valence-electron chi connectivity index (χ2n) is 5.19. The highest BCUT2D eigenvalue weighted by atomic mass is 79.9. The van der Waals surface area contributed by atoms with Crippen molar-refractivity contribution in [2.75, 3.05) is 0 Å². The van der Waals surface area contributed by atoms with Gasteiger partial charge >= 0.3 is 0 Å². The number of benzene rings is 1. The van der Waals surface area contributed by atoms with Gasteiger partial charge in [-0.2, -0.15) is 0 Å². The second-order valence-corrected chi connectivity index (χ2v) is 6.05. The highest BCUT2D eigenvalue weighted by molar-refractivity contribution is 9.10. The summed E-state index contributed by atoms with van der Waals surface area (Å²) in [5.74, 6) is 1.26. The standard InChI is InChI=1S/C17H17Br/c1-12-11-16-15(7-4-8-17(16)18)14(12)10-9-13-5-2-3-6-13/h2-8,11,13-14H,9-10H2,1H3. The fourth-order valence-electron chi connectivity index (χ4n) is 3.00. The van der Waals surface area contributed by atoms with Crippen molar-refractivity contribution >= 4 is 22.0 Å². The Hall–Kier alpha value is -1.08. The largest absolute Gasteiger partial charge is 0.0776 e. The van der Waals surface area contributed by atoms with Crippen LogP contribution in [0.2, 0.25) is 0 Å². The second kappa shape index (κ2) is 4.89. The van der Waals surface area contributed by atoms with Gasteiger partial charge < -0.3 is 0 Å². The van der Waals surface area contributed by atoms with Gasteiger partial charge in [-0.05, 0) is 42.9 Å². The van der Waals surface area contributed by atoms with E-state index in [0.717, 1.165) is 0 Å². The molecule has 2 aliphatic carbocycles. The summed E-state index contributed by atoms with van der Waals surface area (Å²) >= 11 is 3.65. The molecule has 0 nitrogen and oxygen atoms in total. The van der Waals surface area contributed by atoms with Crippen LogP contribution < -0.4 is 0 Å². The SMILES string of the molecule is CC1=Cc2c(Br)cccc2C1CCC1C=CC=C1. The molecule has 1 heteroatoms. The van der Waals surface area contributed by atoms with Crippen molar-refractivity contribution in [1.82, 2.24) is 0 Å². The van der Waals surface area contributed by atoms with Crippen molar-refractivity contribution in [3.05, 3.63) is 63.7 Å². The van der Waals surface area contributed by atoms with Crippen molar-refractivity contribution in [3.63, 3.8) is 0 Å². The first-order valence-electron chi connectivity index (χ1n) is 6.57. The average molecular weight is 301 g/mol. The van der Waals surface area contributed by atoms with Crippen LogP contribution in [0.4, 0.5) is 0 Å². The predicted molar refractivity (Wildman–Crippen MR) is 81.5 cm³/mol. The van der Waals surface area contributed by atoms with Gasteiger partial charge in [-0.1, -0.05) is 64.0 Å². The maximum Gasteiger partial charge on any atom is 0.0250 e. The van der Waals surface area contributed by atoms with E-state index < -0.39 is 0 Å². The molecule has 0 saturated heterocycles. The number of hydrogen-bond acceptors (Lipinski definition) is 0. The molecule has 2 aliphatic rings. The number of hydrogen-bond donors (Lipinski definition) is 0. The van der Waals surface area contributed by atoms with E-state index in [9.17, 15) is 0 Å². The molecule has 0 fully saturated rings. The van der Waals surface area contributed by atoms with Gasteiger partial charge in [0, 0.05) is 10.4 Å². The van der Waals surface area contributed by atoms with E-state index in [0.29, 0.717) is 11.8 Å². The first-order chi connectivity index (χ1) is 8.75. The van der Waals surface area contributed by atoms with Gasteiger partial charge in [-0.25, -0.2) is 0 Å². The molecule has 0 heterocycles. The summed E-state index contributed by atoms with van der Waals surface area (Å²) in [5.41, 5.74) is 4.38. The zero-order valence-electron chi connectivity index (χ0n) is 10.6. The van der Waals surface area contributed by atoms with Crippen LogP contribution in [-0.2, 0) is 0 Å². The molecule has 1 aromatic rings. The van der Waals surface area contributed by atoms with E-state index in [2.05, 4.69) is 71.4 Å². The molecule has 1 atom stereocenters. The fourth-order valence-corrected chi connectivity index (χ4v) is 3.49. The van der Waals surface area contributed by atoms with Gasteiger partial charge in [0.25, 0.3) is 0 Å². The Kier molecular flexibility index (Phi) is 3.25. The zero-order valence-corrected chi connectivity index (χ0v) is 12.2. The van der Waals surface area contributed by atoms with Gasteiger partial charge in [-0.15, -0.1) is 0 Å². The summed E-state index contributed by atoms with van der Waals surface area (Å²) in [4.78, 5) is 0. The maximum absolute atomic E-state index is 3.65. The molecule has 0 aliphatic heterocycles. The van der Waals surface area contributed by atoms with Gasteiger partial charge in [0.15, 0.2) is 0 Å². The van der Waals surface area contributed by atoms with E-state index in [1.54, 1.807) is 0 Å². The van der Waals surface area contributed by atoms with Crippen LogP contribution in [0, 0.1) is 5.92 Å². The van der Waals surface area contributed by atoms with Crippen molar-refractivity contribution in [2.45, 2.75) is 25.7 Å². The van der Waals surface area contributed by atoms with E-state index in [-0.39, 0.29) is 0 Å². The smallest absolute Gasteiger partial charge is 0.0250 e. The summed E-state index contributed by atoms with van der Waals surface area (Å²) < 4.78 is 1.22. The Morgan fingerprint density at radius 3 is 2.67 bits per heavy atom. The van der Waals surface area contributed by atoms with E-state index in [1.165, 1.54) is 34.0 Å². The Morgan fingerprint density at radius 1 is 1.11 bits per heavy atom. The van der Waals surface area contributed by atoms with Crippen LogP contribution in [0.5, 0.6) is 0 Å². The summed E-state index contributed by atoms with van der Waals surface area (Å²) in [6, 6.07) is 6.56. The highest BCUT2D eigenvalue weighted by Crippen LogP contribution is 2.42. The molecule has 0 saturated carbocycles. The third kappa shape index (κ3) is 2.12. The number of rotatable bonds is 3. The van der Waals surface area contributed by atoms with Gasteiger partial charge in [0.1, 0.15) is 0 Å². The zero-order chi connectivity index (χ0) is 12.5. The summed E-state index contributed by atoms with van der Waals surface area (Å²) in [6.45, 7) is 2.26. The molecule has 1 aromatic carbocycles. The van der Waals surface area contributed by atoms with Gasteiger partial charge in [-0.3, -0.25) is 0 Å². The molecule has 0 bridgehead atoms. The van der Waals surface area contributed by atoms with E-state index in [1.807, 2.05) is 0 Å². The number of fused-ring (bicyclic) bond motifs is 1. The lowest BCUT2D eigenvalue weighted by Crippen LogP contribution is -2.00. The maximum atomic E-state index is 3.65.